The predicted octanol–water partition coefficient (Wildman–Crippen LogP) is 4.38. The largest absolute Gasteiger partial charge is 0.508 e. The number of halogens is 1. The molecule has 0 aliphatic heterocycles. The third-order valence-corrected chi connectivity index (χ3v) is 4.40. The van der Waals surface area contributed by atoms with Crippen molar-refractivity contribution in [1.82, 2.24) is 19.8 Å². The molecule has 0 fully saturated rings. The molecule has 26 heavy (non-hydrogen) atoms. The first kappa shape index (κ1) is 16.4. The van der Waals surface area contributed by atoms with Crippen LogP contribution < -0.4 is 5.32 Å². The smallest absolute Gasteiger partial charge is 0.178 e. The van der Waals surface area contributed by atoms with Crippen molar-refractivity contribution >= 4 is 28.8 Å². The number of rotatable bonds is 4. The topological polar surface area (TPSA) is 75.3 Å². The molecule has 7 heteroatoms. The molecule has 0 saturated carbocycles. The zero-order valence-corrected chi connectivity index (χ0v) is 14.7. The lowest BCUT2D eigenvalue weighted by Gasteiger charge is -2.11. The van der Waals surface area contributed by atoms with Crippen molar-refractivity contribution in [3.8, 4) is 5.75 Å². The van der Waals surface area contributed by atoms with Crippen LogP contribution in [-0.4, -0.2) is 24.9 Å². The van der Waals surface area contributed by atoms with Gasteiger partial charge < -0.3 is 10.4 Å². The minimum absolute atomic E-state index is 0.0282. The Kier molecular flexibility index (Phi) is 4.18. The minimum Gasteiger partial charge on any atom is -0.508 e. The van der Waals surface area contributed by atoms with E-state index in [1.165, 1.54) is 0 Å². The van der Waals surface area contributed by atoms with Gasteiger partial charge in [-0.05, 0) is 48.0 Å². The second kappa shape index (κ2) is 6.65. The number of aromatic nitrogens is 4. The summed E-state index contributed by atoms with van der Waals surface area (Å²) in [6.07, 6.45) is 0. The summed E-state index contributed by atoms with van der Waals surface area (Å²) in [5.74, 6) is 1.59. The van der Waals surface area contributed by atoms with E-state index in [4.69, 9.17) is 11.6 Å². The summed E-state index contributed by atoms with van der Waals surface area (Å²) in [5.41, 5.74) is 2.54. The van der Waals surface area contributed by atoms with Crippen molar-refractivity contribution < 1.29 is 5.11 Å². The molecule has 0 saturated heterocycles. The molecule has 2 aromatic carbocycles. The van der Waals surface area contributed by atoms with Gasteiger partial charge in [0, 0.05) is 16.6 Å². The van der Waals surface area contributed by atoms with E-state index >= 15 is 0 Å². The number of nitrogens with zero attached hydrogens (tertiary/aromatic N) is 4. The van der Waals surface area contributed by atoms with Crippen LogP contribution in [0.4, 0.5) is 11.5 Å². The van der Waals surface area contributed by atoms with E-state index < -0.39 is 0 Å². The third-order valence-electron chi connectivity index (χ3n) is 4.16. The lowest BCUT2D eigenvalue weighted by molar-refractivity contribution is 0.475. The van der Waals surface area contributed by atoms with Gasteiger partial charge in [0.2, 0.25) is 0 Å². The zero-order chi connectivity index (χ0) is 18.1. The Morgan fingerprint density at radius 1 is 1.04 bits per heavy atom. The fourth-order valence-corrected chi connectivity index (χ4v) is 2.96. The first-order valence-corrected chi connectivity index (χ1v) is 8.52. The first-order chi connectivity index (χ1) is 12.6. The Bertz CT molecular complexity index is 1060. The highest BCUT2D eigenvalue weighted by Gasteiger charge is 2.17. The highest BCUT2D eigenvalue weighted by atomic mass is 35.5. The number of hydrogen-bond donors (Lipinski definition) is 2. The number of benzene rings is 2. The molecule has 0 radical (unpaired) electrons. The molecule has 130 valence electrons. The Morgan fingerprint density at radius 3 is 2.62 bits per heavy atom. The van der Waals surface area contributed by atoms with E-state index in [-0.39, 0.29) is 11.7 Å². The predicted molar refractivity (Wildman–Crippen MR) is 101 cm³/mol. The summed E-state index contributed by atoms with van der Waals surface area (Å²) >= 11 is 6.03. The minimum atomic E-state index is -0.0282. The first-order valence-electron chi connectivity index (χ1n) is 8.14. The monoisotopic (exact) mass is 365 g/mol. The van der Waals surface area contributed by atoms with Gasteiger partial charge in [0.15, 0.2) is 17.3 Å². The van der Waals surface area contributed by atoms with Crippen LogP contribution in [0.3, 0.4) is 0 Å². The van der Waals surface area contributed by atoms with E-state index in [1.807, 2.05) is 55.5 Å². The summed E-state index contributed by atoms with van der Waals surface area (Å²) in [4.78, 5) is 0. The van der Waals surface area contributed by atoms with Crippen LogP contribution in [0, 0.1) is 0 Å². The Labute approximate surface area is 155 Å². The fourth-order valence-electron chi connectivity index (χ4n) is 2.77. The highest BCUT2D eigenvalue weighted by Crippen LogP contribution is 2.25. The summed E-state index contributed by atoms with van der Waals surface area (Å²) < 4.78 is 1.73. The highest BCUT2D eigenvalue weighted by molar-refractivity contribution is 6.30. The zero-order valence-electron chi connectivity index (χ0n) is 14.0. The van der Waals surface area contributed by atoms with Crippen LogP contribution in [0.2, 0.25) is 5.02 Å². The van der Waals surface area contributed by atoms with E-state index in [0.29, 0.717) is 16.5 Å². The van der Waals surface area contributed by atoms with Gasteiger partial charge in [0.05, 0.1) is 0 Å². The van der Waals surface area contributed by atoms with Gasteiger partial charge in [0.1, 0.15) is 5.75 Å². The summed E-state index contributed by atoms with van der Waals surface area (Å²) in [6, 6.07) is 18.2. The standard InChI is InChI=1S/C19H16ClN5O/c1-12(13-5-7-16(26)8-6-13)19-23-22-18-10-9-17(24-25(18)19)21-15-4-2-3-14(20)11-15/h2-12,26H,1H3,(H,21,24)/t12-/m0/s1. The van der Waals surface area contributed by atoms with Gasteiger partial charge in [-0.25, -0.2) is 0 Å². The van der Waals surface area contributed by atoms with Gasteiger partial charge in [-0.2, -0.15) is 4.52 Å². The average molecular weight is 366 g/mol. The molecule has 1 atom stereocenters. The van der Waals surface area contributed by atoms with Crippen LogP contribution in [-0.2, 0) is 0 Å². The summed E-state index contributed by atoms with van der Waals surface area (Å²) in [5, 5.41) is 26.5. The molecule has 4 rings (SSSR count). The van der Waals surface area contributed by atoms with Crippen LogP contribution in [0.15, 0.2) is 60.7 Å². The number of anilines is 2. The van der Waals surface area contributed by atoms with Crippen molar-refractivity contribution in [1.29, 1.82) is 0 Å². The number of aromatic hydroxyl groups is 1. The molecule has 6 nitrogen and oxygen atoms in total. The van der Waals surface area contributed by atoms with Gasteiger partial charge in [0.25, 0.3) is 0 Å². The third kappa shape index (κ3) is 3.19. The van der Waals surface area contributed by atoms with Crippen molar-refractivity contribution in [3.63, 3.8) is 0 Å². The molecule has 0 aliphatic rings. The maximum atomic E-state index is 9.47. The molecule has 4 aromatic rings. The molecule has 0 spiro atoms. The number of nitrogens with one attached hydrogen (secondary N) is 1. The lowest BCUT2D eigenvalue weighted by atomic mass is 10.0. The maximum absolute atomic E-state index is 9.47. The molecule has 2 heterocycles. The summed E-state index contributed by atoms with van der Waals surface area (Å²) in [7, 11) is 0. The number of hydrogen-bond acceptors (Lipinski definition) is 5. The lowest BCUT2D eigenvalue weighted by Crippen LogP contribution is -2.06. The molecule has 2 N–H and O–H groups in total. The molecular formula is C19H16ClN5O. The van der Waals surface area contributed by atoms with E-state index in [2.05, 4.69) is 20.6 Å². The van der Waals surface area contributed by atoms with Crippen LogP contribution in [0.5, 0.6) is 5.75 Å². The normalized spacial score (nSPS) is 12.2. The van der Waals surface area contributed by atoms with Crippen molar-refractivity contribution in [2.24, 2.45) is 0 Å². The SMILES string of the molecule is C[C@@H](c1ccc(O)cc1)c1nnc2ccc(Nc3cccc(Cl)c3)nn12. The van der Waals surface area contributed by atoms with Crippen LogP contribution in [0.1, 0.15) is 24.2 Å². The second-order valence-electron chi connectivity index (χ2n) is 6.00. The molecule has 0 aliphatic carbocycles. The molecule has 0 amide bonds. The van der Waals surface area contributed by atoms with E-state index in [9.17, 15) is 5.11 Å². The number of phenols is 1. The van der Waals surface area contributed by atoms with Crippen molar-refractivity contribution in [2.75, 3.05) is 5.32 Å². The van der Waals surface area contributed by atoms with Crippen LogP contribution >= 0.6 is 11.6 Å². The summed E-state index contributed by atoms with van der Waals surface area (Å²) in [6.45, 7) is 2.03. The van der Waals surface area contributed by atoms with E-state index in [0.717, 1.165) is 17.1 Å². The number of phenolic OH excluding ortho intramolecular Hbond substituents is 1. The Morgan fingerprint density at radius 2 is 1.85 bits per heavy atom. The molecule has 0 unspecified atom stereocenters. The van der Waals surface area contributed by atoms with Crippen LogP contribution in [0.25, 0.3) is 5.65 Å². The van der Waals surface area contributed by atoms with Gasteiger partial charge >= 0.3 is 0 Å². The number of fused-ring (bicyclic) bond motifs is 1. The maximum Gasteiger partial charge on any atom is 0.178 e. The van der Waals surface area contributed by atoms with Gasteiger partial charge in [-0.3, -0.25) is 0 Å². The molecule has 2 aromatic heterocycles. The van der Waals surface area contributed by atoms with Gasteiger partial charge in [-0.1, -0.05) is 36.7 Å². The molecular weight excluding hydrogens is 350 g/mol. The Balaban J connectivity index is 1.69. The van der Waals surface area contributed by atoms with E-state index in [1.54, 1.807) is 16.6 Å². The fraction of sp³-hybridized carbons (Fsp3) is 0.105. The van der Waals surface area contributed by atoms with Crippen molar-refractivity contribution in [2.45, 2.75) is 12.8 Å². The average Bonchev–Trinajstić information content (AvgIpc) is 3.05. The van der Waals surface area contributed by atoms with Crippen molar-refractivity contribution in [3.05, 3.63) is 77.1 Å². The van der Waals surface area contributed by atoms with Gasteiger partial charge in [-0.15, -0.1) is 15.3 Å². The Hall–Kier alpha value is -3.12. The second-order valence-corrected chi connectivity index (χ2v) is 6.43. The molecule has 0 bridgehead atoms. The quantitative estimate of drug-likeness (QED) is 0.561.